The van der Waals surface area contributed by atoms with E-state index in [0.717, 1.165) is 16.0 Å². The van der Waals surface area contributed by atoms with E-state index in [4.69, 9.17) is 25.8 Å². The fourth-order valence-electron chi connectivity index (χ4n) is 4.32. The van der Waals surface area contributed by atoms with Crippen molar-refractivity contribution in [2.45, 2.75) is 26.5 Å². The Morgan fingerprint density at radius 3 is 2.69 bits per heavy atom. The van der Waals surface area contributed by atoms with Crippen molar-refractivity contribution in [2.24, 2.45) is 4.99 Å². The van der Waals surface area contributed by atoms with Gasteiger partial charge in [0.25, 0.3) is 5.56 Å². The van der Waals surface area contributed by atoms with E-state index in [1.807, 2.05) is 53.9 Å². The molecule has 4 aromatic rings. The number of thiophene rings is 1. The van der Waals surface area contributed by atoms with Crippen LogP contribution in [0.4, 0.5) is 0 Å². The van der Waals surface area contributed by atoms with Crippen LogP contribution in [0.1, 0.15) is 35.9 Å². The van der Waals surface area contributed by atoms with Crippen molar-refractivity contribution >= 4 is 46.3 Å². The lowest BCUT2D eigenvalue weighted by atomic mass is 10.0. The Kier molecular flexibility index (Phi) is 8.02. The van der Waals surface area contributed by atoms with Crippen LogP contribution in [-0.4, -0.2) is 24.3 Å². The van der Waals surface area contributed by atoms with Gasteiger partial charge in [-0.2, -0.15) is 0 Å². The smallest absolute Gasteiger partial charge is 0.338 e. The first kappa shape index (κ1) is 26.9. The van der Waals surface area contributed by atoms with Crippen molar-refractivity contribution in [1.29, 1.82) is 0 Å². The fourth-order valence-corrected chi connectivity index (χ4v) is 6.38. The van der Waals surface area contributed by atoms with Crippen molar-refractivity contribution in [3.05, 3.63) is 112 Å². The number of aromatic nitrogens is 1. The second kappa shape index (κ2) is 11.6. The lowest BCUT2D eigenvalue weighted by Gasteiger charge is -2.23. The van der Waals surface area contributed by atoms with Crippen LogP contribution in [0.25, 0.3) is 6.08 Å². The molecule has 200 valence electrons. The zero-order valence-electron chi connectivity index (χ0n) is 21.5. The SMILES string of the molecule is CCOC(=O)C1=C(C)N=c2s/c(=C\c3ccc(OCc4ccccc4Cl)c(OC)c3)c(=O)n2[C@@H]1c1cccs1. The van der Waals surface area contributed by atoms with Crippen molar-refractivity contribution < 1.29 is 19.0 Å². The molecule has 5 rings (SSSR count). The van der Waals surface area contributed by atoms with Gasteiger partial charge in [-0.3, -0.25) is 9.36 Å². The molecule has 0 radical (unpaired) electrons. The fraction of sp³-hybridized carbons (Fsp3) is 0.207. The number of benzene rings is 2. The third-order valence-electron chi connectivity index (χ3n) is 6.16. The van der Waals surface area contributed by atoms with E-state index in [1.54, 1.807) is 37.7 Å². The quantitative estimate of drug-likeness (QED) is 0.271. The Hall–Kier alpha value is -3.66. The molecular formula is C29H25ClN2O5S2. The van der Waals surface area contributed by atoms with Gasteiger partial charge in [0.1, 0.15) is 12.6 Å². The van der Waals surface area contributed by atoms with E-state index in [1.165, 1.54) is 22.7 Å². The largest absolute Gasteiger partial charge is 0.493 e. The summed E-state index contributed by atoms with van der Waals surface area (Å²) in [6, 6.07) is 16.2. The summed E-state index contributed by atoms with van der Waals surface area (Å²) in [5.41, 5.74) is 2.31. The van der Waals surface area contributed by atoms with Crippen LogP contribution >= 0.6 is 34.3 Å². The molecule has 0 saturated heterocycles. The van der Waals surface area contributed by atoms with E-state index in [2.05, 4.69) is 4.99 Å². The number of carbonyl (C=O) groups excluding carboxylic acids is 1. The van der Waals surface area contributed by atoms with Gasteiger partial charge in [0.15, 0.2) is 16.3 Å². The van der Waals surface area contributed by atoms with Crippen molar-refractivity contribution in [1.82, 2.24) is 4.57 Å². The maximum atomic E-state index is 13.7. The van der Waals surface area contributed by atoms with Gasteiger partial charge in [-0.1, -0.05) is 53.3 Å². The molecule has 39 heavy (non-hydrogen) atoms. The maximum absolute atomic E-state index is 13.7. The number of methoxy groups -OCH3 is 1. The lowest BCUT2D eigenvalue weighted by Crippen LogP contribution is -2.39. The molecule has 7 nitrogen and oxygen atoms in total. The lowest BCUT2D eigenvalue weighted by molar-refractivity contribution is -0.139. The molecule has 2 aromatic heterocycles. The van der Waals surface area contributed by atoms with Gasteiger partial charge in [0, 0.05) is 15.5 Å². The summed E-state index contributed by atoms with van der Waals surface area (Å²) < 4.78 is 18.9. The van der Waals surface area contributed by atoms with Gasteiger partial charge in [0.05, 0.1) is 29.5 Å². The zero-order chi connectivity index (χ0) is 27.5. The third kappa shape index (κ3) is 5.43. The number of thiazole rings is 1. The molecule has 0 spiro atoms. The van der Waals surface area contributed by atoms with E-state index in [9.17, 15) is 9.59 Å². The Balaban J connectivity index is 1.52. The number of esters is 1. The number of ether oxygens (including phenoxy) is 3. The highest BCUT2D eigenvalue weighted by molar-refractivity contribution is 7.10. The minimum atomic E-state index is -0.599. The second-order valence-electron chi connectivity index (χ2n) is 8.61. The summed E-state index contributed by atoms with van der Waals surface area (Å²) in [5.74, 6) is 0.618. The van der Waals surface area contributed by atoms with Gasteiger partial charge < -0.3 is 14.2 Å². The predicted molar refractivity (Wildman–Crippen MR) is 153 cm³/mol. The van der Waals surface area contributed by atoms with Gasteiger partial charge in [0.2, 0.25) is 0 Å². The molecule has 2 aromatic carbocycles. The van der Waals surface area contributed by atoms with Gasteiger partial charge in [-0.15, -0.1) is 11.3 Å². The summed E-state index contributed by atoms with van der Waals surface area (Å²) in [6.07, 6.45) is 1.79. The predicted octanol–water partition coefficient (Wildman–Crippen LogP) is 5.10. The Labute approximate surface area is 237 Å². The second-order valence-corrected chi connectivity index (χ2v) is 11.0. The number of allylic oxidation sites excluding steroid dienone is 1. The van der Waals surface area contributed by atoms with Gasteiger partial charge in [-0.05, 0) is 55.1 Å². The van der Waals surface area contributed by atoms with Crippen LogP contribution in [0.3, 0.4) is 0 Å². The number of halogens is 1. The number of fused-ring (bicyclic) bond motifs is 1. The highest BCUT2D eigenvalue weighted by atomic mass is 35.5. The molecule has 1 atom stereocenters. The van der Waals surface area contributed by atoms with Crippen LogP contribution in [0.5, 0.6) is 11.5 Å². The molecule has 0 aliphatic carbocycles. The Morgan fingerprint density at radius 1 is 1.15 bits per heavy atom. The van der Waals surface area contributed by atoms with Crippen molar-refractivity contribution in [2.75, 3.05) is 13.7 Å². The van der Waals surface area contributed by atoms with Gasteiger partial charge >= 0.3 is 5.97 Å². The number of carbonyl (C=O) groups is 1. The highest BCUT2D eigenvalue weighted by Crippen LogP contribution is 2.33. The van der Waals surface area contributed by atoms with Crippen LogP contribution in [0, 0.1) is 0 Å². The molecule has 0 amide bonds. The first-order valence-electron chi connectivity index (χ1n) is 12.2. The molecule has 0 saturated carbocycles. The number of nitrogens with zero attached hydrogens (tertiary/aromatic N) is 2. The van der Waals surface area contributed by atoms with Gasteiger partial charge in [-0.25, -0.2) is 9.79 Å². The van der Waals surface area contributed by atoms with E-state index < -0.39 is 12.0 Å². The minimum absolute atomic E-state index is 0.232. The van der Waals surface area contributed by atoms with E-state index in [-0.39, 0.29) is 12.2 Å². The van der Waals surface area contributed by atoms with Crippen molar-refractivity contribution in [3.8, 4) is 11.5 Å². The first-order chi connectivity index (χ1) is 18.9. The highest BCUT2D eigenvalue weighted by Gasteiger charge is 2.33. The standard InChI is InChI=1S/C29H25ClN2O5S2/c1-4-36-28(34)25-17(2)31-29-32(26(25)23-10-7-13-38-23)27(33)24(39-29)15-18-11-12-21(22(14-18)35-3)37-16-19-8-5-6-9-20(19)30/h5-15,26H,4,16H2,1-3H3/b24-15-/t26-/m1/s1. The average Bonchev–Trinajstić information content (AvgIpc) is 3.56. The third-order valence-corrected chi connectivity index (χ3v) is 8.43. The molecule has 10 heteroatoms. The van der Waals surface area contributed by atoms with Crippen LogP contribution in [-0.2, 0) is 16.1 Å². The molecule has 1 aliphatic rings. The summed E-state index contributed by atoms with van der Waals surface area (Å²) in [6.45, 7) is 4.05. The number of hydrogen-bond donors (Lipinski definition) is 0. The normalized spacial score (nSPS) is 15.1. The zero-order valence-corrected chi connectivity index (χ0v) is 23.9. The first-order valence-corrected chi connectivity index (χ1v) is 14.3. The van der Waals surface area contributed by atoms with Crippen LogP contribution in [0.2, 0.25) is 5.02 Å². The Bertz CT molecular complexity index is 1740. The van der Waals surface area contributed by atoms with E-state index in [0.29, 0.717) is 43.7 Å². The molecule has 0 bridgehead atoms. The summed E-state index contributed by atoms with van der Waals surface area (Å²) >= 11 is 9.00. The minimum Gasteiger partial charge on any atom is -0.493 e. The van der Waals surface area contributed by atoms with Crippen LogP contribution in [0.15, 0.2) is 81.0 Å². The topological polar surface area (TPSA) is 79.1 Å². The van der Waals surface area contributed by atoms with Crippen LogP contribution < -0.4 is 24.4 Å². The molecule has 3 heterocycles. The number of hydrogen-bond acceptors (Lipinski definition) is 8. The molecule has 0 N–H and O–H groups in total. The maximum Gasteiger partial charge on any atom is 0.338 e. The summed E-state index contributed by atoms with van der Waals surface area (Å²) in [4.78, 5) is 32.6. The molecule has 0 fully saturated rings. The molecular weight excluding hydrogens is 556 g/mol. The number of rotatable bonds is 8. The monoisotopic (exact) mass is 580 g/mol. The molecule has 1 aliphatic heterocycles. The van der Waals surface area contributed by atoms with E-state index >= 15 is 0 Å². The summed E-state index contributed by atoms with van der Waals surface area (Å²) in [5, 5.41) is 2.55. The molecule has 0 unspecified atom stereocenters. The summed E-state index contributed by atoms with van der Waals surface area (Å²) in [7, 11) is 1.57. The Morgan fingerprint density at radius 2 is 1.97 bits per heavy atom. The van der Waals surface area contributed by atoms with Crippen molar-refractivity contribution in [3.63, 3.8) is 0 Å². The average molecular weight is 581 g/mol.